The van der Waals surface area contributed by atoms with E-state index in [4.69, 9.17) is 14.2 Å². The first kappa shape index (κ1) is 21.6. The third-order valence-corrected chi connectivity index (χ3v) is 4.67. The van der Waals surface area contributed by atoms with Gasteiger partial charge in [-0.15, -0.1) is 0 Å². The van der Waals surface area contributed by atoms with Gasteiger partial charge in [0.1, 0.15) is 5.75 Å². The van der Waals surface area contributed by atoms with Gasteiger partial charge in [0, 0.05) is 0 Å². The van der Waals surface area contributed by atoms with E-state index in [0.717, 1.165) is 5.56 Å². The third kappa shape index (κ3) is 5.41. The number of amides is 1. The highest BCUT2D eigenvalue weighted by Gasteiger charge is 2.19. The van der Waals surface area contributed by atoms with Gasteiger partial charge in [-0.1, -0.05) is 39.0 Å². The zero-order valence-electron chi connectivity index (χ0n) is 17.8. The molecule has 0 aliphatic heterocycles. The highest BCUT2D eigenvalue weighted by atomic mass is 16.5. The maximum Gasteiger partial charge on any atom is 0.261 e. The minimum Gasteiger partial charge on any atom is -0.493 e. The molecular weight excluding hydrogens is 354 g/mol. The Morgan fingerprint density at radius 3 is 2.07 bits per heavy atom. The standard InChI is InChI=1S/C23H31NO4/c1-15(17-8-13-20(26-6)21(14-17)27-7)24-22(25)16(2)28-19-11-9-18(10-12-19)23(3,4)5/h8-16H,1-7H3,(H,24,25)/t15-,16-/m0/s1. The van der Waals surface area contributed by atoms with Crippen LogP contribution in [0.4, 0.5) is 0 Å². The van der Waals surface area contributed by atoms with Crippen LogP contribution in [0.15, 0.2) is 42.5 Å². The van der Waals surface area contributed by atoms with Gasteiger partial charge in [-0.05, 0) is 54.7 Å². The predicted octanol–water partition coefficient (Wildman–Crippen LogP) is 4.65. The van der Waals surface area contributed by atoms with Gasteiger partial charge in [-0.2, -0.15) is 0 Å². The van der Waals surface area contributed by atoms with Crippen LogP contribution < -0.4 is 19.5 Å². The quantitative estimate of drug-likeness (QED) is 0.754. The predicted molar refractivity (Wildman–Crippen MR) is 111 cm³/mol. The molecule has 1 N–H and O–H groups in total. The van der Waals surface area contributed by atoms with Crippen molar-refractivity contribution in [3.63, 3.8) is 0 Å². The molecule has 1 amide bonds. The summed E-state index contributed by atoms with van der Waals surface area (Å²) >= 11 is 0. The number of rotatable bonds is 7. The Bertz CT molecular complexity index is 793. The molecule has 5 nitrogen and oxygen atoms in total. The number of ether oxygens (including phenoxy) is 3. The van der Waals surface area contributed by atoms with Gasteiger partial charge in [0.05, 0.1) is 20.3 Å². The van der Waals surface area contributed by atoms with Gasteiger partial charge >= 0.3 is 0 Å². The van der Waals surface area contributed by atoms with E-state index in [1.54, 1.807) is 21.1 Å². The zero-order chi connectivity index (χ0) is 20.9. The summed E-state index contributed by atoms with van der Waals surface area (Å²) in [4.78, 5) is 12.5. The number of hydrogen-bond donors (Lipinski definition) is 1. The van der Waals surface area contributed by atoms with Crippen molar-refractivity contribution in [3.05, 3.63) is 53.6 Å². The molecule has 2 rings (SSSR count). The SMILES string of the molecule is COc1ccc([C@H](C)NC(=O)[C@H](C)Oc2ccc(C(C)(C)C)cc2)cc1OC. The topological polar surface area (TPSA) is 56.8 Å². The summed E-state index contributed by atoms with van der Waals surface area (Å²) in [6.07, 6.45) is -0.608. The summed E-state index contributed by atoms with van der Waals surface area (Å²) in [6, 6.07) is 13.3. The van der Waals surface area contributed by atoms with Gasteiger partial charge in [-0.3, -0.25) is 4.79 Å². The van der Waals surface area contributed by atoms with Crippen molar-refractivity contribution in [2.75, 3.05) is 14.2 Å². The highest BCUT2D eigenvalue weighted by molar-refractivity contribution is 5.81. The summed E-state index contributed by atoms with van der Waals surface area (Å²) in [5, 5.41) is 2.98. The number of nitrogens with one attached hydrogen (secondary N) is 1. The maximum absolute atomic E-state index is 12.5. The molecule has 0 radical (unpaired) electrons. The summed E-state index contributed by atoms with van der Waals surface area (Å²) in [5.41, 5.74) is 2.22. The highest BCUT2D eigenvalue weighted by Crippen LogP contribution is 2.30. The fourth-order valence-electron chi connectivity index (χ4n) is 2.83. The molecule has 0 saturated carbocycles. The zero-order valence-corrected chi connectivity index (χ0v) is 17.8. The average molecular weight is 386 g/mol. The van der Waals surface area contributed by atoms with Crippen LogP contribution in [-0.2, 0) is 10.2 Å². The van der Waals surface area contributed by atoms with Crippen LogP contribution in [0, 0.1) is 0 Å². The van der Waals surface area contributed by atoms with E-state index in [1.165, 1.54) is 5.56 Å². The first-order valence-electron chi connectivity index (χ1n) is 9.45. The lowest BCUT2D eigenvalue weighted by Gasteiger charge is -2.21. The van der Waals surface area contributed by atoms with Crippen molar-refractivity contribution in [1.29, 1.82) is 0 Å². The molecule has 0 unspecified atom stereocenters. The van der Waals surface area contributed by atoms with Gasteiger partial charge in [-0.25, -0.2) is 0 Å². The fraction of sp³-hybridized carbons (Fsp3) is 0.435. The van der Waals surface area contributed by atoms with Crippen LogP contribution in [-0.4, -0.2) is 26.2 Å². The number of carbonyl (C=O) groups excluding carboxylic acids is 1. The van der Waals surface area contributed by atoms with E-state index in [-0.39, 0.29) is 17.4 Å². The van der Waals surface area contributed by atoms with Crippen LogP contribution in [0.2, 0.25) is 0 Å². The van der Waals surface area contributed by atoms with Crippen LogP contribution in [0.3, 0.4) is 0 Å². The second-order valence-electron chi connectivity index (χ2n) is 7.88. The second kappa shape index (κ2) is 9.00. The lowest BCUT2D eigenvalue weighted by atomic mass is 9.87. The molecule has 0 aliphatic rings. The normalized spacial score (nSPS) is 13.4. The Labute approximate surface area is 168 Å². The lowest BCUT2D eigenvalue weighted by molar-refractivity contribution is -0.127. The first-order chi connectivity index (χ1) is 13.2. The Hall–Kier alpha value is -2.69. The van der Waals surface area contributed by atoms with Crippen LogP contribution >= 0.6 is 0 Å². The summed E-state index contributed by atoms with van der Waals surface area (Å²) in [6.45, 7) is 10.1. The molecule has 2 atom stereocenters. The van der Waals surface area contributed by atoms with Crippen LogP contribution in [0.1, 0.15) is 51.8 Å². The molecule has 2 aromatic carbocycles. The third-order valence-electron chi connectivity index (χ3n) is 4.67. The van der Waals surface area contributed by atoms with Crippen molar-refractivity contribution in [3.8, 4) is 17.2 Å². The Kier molecular flexibility index (Phi) is 6.95. The molecular formula is C23H31NO4. The van der Waals surface area contributed by atoms with Crippen molar-refractivity contribution in [1.82, 2.24) is 5.32 Å². The van der Waals surface area contributed by atoms with E-state index in [9.17, 15) is 4.79 Å². The first-order valence-corrected chi connectivity index (χ1v) is 9.45. The number of methoxy groups -OCH3 is 2. The molecule has 0 saturated heterocycles. The molecule has 2 aromatic rings. The van der Waals surface area contributed by atoms with Crippen molar-refractivity contribution in [2.45, 2.75) is 52.2 Å². The molecule has 0 spiro atoms. The average Bonchev–Trinajstić information content (AvgIpc) is 2.66. The van der Waals surface area contributed by atoms with E-state index in [2.05, 4.69) is 26.1 Å². The summed E-state index contributed by atoms with van der Waals surface area (Å²) in [5.74, 6) is 1.78. The second-order valence-corrected chi connectivity index (χ2v) is 7.88. The van der Waals surface area contributed by atoms with Crippen molar-refractivity contribution in [2.24, 2.45) is 0 Å². The smallest absolute Gasteiger partial charge is 0.261 e. The molecule has 5 heteroatoms. The van der Waals surface area contributed by atoms with Gasteiger partial charge in [0.2, 0.25) is 0 Å². The van der Waals surface area contributed by atoms with Gasteiger partial charge in [0.15, 0.2) is 17.6 Å². The van der Waals surface area contributed by atoms with Crippen LogP contribution in [0.5, 0.6) is 17.2 Å². The Morgan fingerprint density at radius 2 is 1.54 bits per heavy atom. The Morgan fingerprint density at radius 1 is 0.929 bits per heavy atom. The fourth-order valence-corrected chi connectivity index (χ4v) is 2.83. The molecule has 152 valence electrons. The number of hydrogen-bond acceptors (Lipinski definition) is 4. The molecule has 0 bridgehead atoms. The van der Waals surface area contributed by atoms with Crippen LogP contribution in [0.25, 0.3) is 0 Å². The molecule has 0 aliphatic carbocycles. The Balaban J connectivity index is 2.00. The van der Waals surface area contributed by atoms with E-state index < -0.39 is 6.10 Å². The van der Waals surface area contributed by atoms with E-state index in [0.29, 0.717) is 17.2 Å². The molecule has 0 fully saturated rings. The maximum atomic E-state index is 12.5. The van der Waals surface area contributed by atoms with Crippen molar-refractivity contribution < 1.29 is 19.0 Å². The van der Waals surface area contributed by atoms with E-state index in [1.807, 2.05) is 49.4 Å². The molecule has 28 heavy (non-hydrogen) atoms. The molecule has 0 aromatic heterocycles. The number of benzene rings is 2. The summed E-state index contributed by atoms with van der Waals surface area (Å²) < 4.78 is 16.4. The van der Waals surface area contributed by atoms with Gasteiger partial charge in [0.25, 0.3) is 5.91 Å². The van der Waals surface area contributed by atoms with Gasteiger partial charge < -0.3 is 19.5 Å². The molecule has 0 heterocycles. The van der Waals surface area contributed by atoms with E-state index >= 15 is 0 Å². The minimum atomic E-state index is -0.608. The minimum absolute atomic E-state index is 0.0797. The largest absolute Gasteiger partial charge is 0.493 e. The lowest BCUT2D eigenvalue weighted by Crippen LogP contribution is -2.37. The monoisotopic (exact) mass is 385 g/mol. The number of carbonyl (C=O) groups is 1. The summed E-state index contributed by atoms with van der Waals surface area (Å²) in [7, 11) is 3.18. The van der Waals surface area contributed by atoms with Crippen molar-refractivity contribution >= 4 is 5.91 Å².